The summed E-state index contributed by atoms with van der Waals surface area (Å²) in [6.07, 6.45) is 10.0. The molecule has 1 rings (SSSR count). The monoisotopic (exact) mass is 216 g/mol. The summed E-state index contributed by atoms with van der Waals surface area (Å²) in [5.74, 6) is 0.739. The van der Waals surface area contributed by atoms with Crippen LogP contribution in [0.3, 0.4) is 0 Å². The Hall–Kier alpha value is -0.0100. The van der Waals surface area contributed by atoms with Gasteiger partial charge in [0.25, 0.3) is 0 Å². The number of halogens is 1. The van der Waals surface area contributed by atoms with E-state index in [1.807, 2.05) is 0 Å². The first-order chi connectivity index (χ1) is 6.83. The van der Waals surface area contributed by atoms with Gasteiger partial charge < -0.3 is 4.74 Å². The number of alkyl halides is 1. The molecule has 0 aromatic carbocycles. The third-order valence-corrected chi connectivity index (χ3v) is 2.94. The van der Waals surface area contributed by atoms with Crippen LogP contribution >= 0.6 is 11.6 Å². The van der Waals surface area contributed by atoms with Crippen molar-refractivity contribution in [3.8, 4) is 0 Å². The predicted octanol–water partition coefficient (Wildman–Crippen LogP) is 3.91. The fourth-order valence-corrected chi connectivity index (χ4v) is 1.99. The van der Waals surface area contributed by atoms with Crippen molar-refractivity contribution in [2.24, 2.45) is 0 Å². The highest BCUT2D eigenvalue weighted by atomic mass is 35.5. The van der Waals surface area contributed by atoms with Crippen molar-refractivity contribution >= 4 is 11.6 Å². The Morgan fingerprint density at radius 2 is 2.43 bits per heavy atom. The van der Waals surface area contributed by atoms with Gasteiger partial charge in [-0.1, -0.05) is 11.6 Å². The van der Waals surface area contributed by atoms with Gasteiger partial charge in [0.2, 0.25) is 0 Å². The first-order valence-electron chi connectivity index (χ1n) is 5.66. The highest BCUT2D eigenvalue weighted by Gasteiger charge is 2.14. The lowest BCUT2D eigenvalue weighted by molar-refractivity contribution is 0.102. The number of hydrogen-bond acceptors (Lipinski definition) is 1. The Morgan fingerprint density at radius 1 is 1.57 bits per heavy atom. The molecule has 82 valence electrons. The number of allylic oxidation sites excluding steroid dienone is 2. The molecular formula is C12H21ClO. The zero-order valence-corrected chi connectivity index (χ0v) is 9.85. The number of ether oxygens (including phenoxy) is 1. The molecule has 0 bridgehead atoms. The molecule has 1 unspecified atom stereocenters. The van der Waals surface area contributed by atoms with E-state index < -0.39 is 0 Å². The largest absolute Gasteiger partial charge is 0.378 e. The van der Waals surface area contributed by atoms with E-state index in [1.165, 1.54) is 37.7 Å². The van der Waals surface area contributed by atoms with Crippen LogP contribution in [0.2, 0.25) is 0 Å². The zero-order valence-electron chi connectivity index (χ0n) is 9.10. The van der Waals surface area contributed by atoms with E-state index in [0.717, 1.165) is 18.9 Å². The van der Waals surface area contributed by atoms with Gasteiger partial charge in [0.05, 0.1) is 6.10 Å². The smallest absolute Gasteiger partial charge is 0.0576 e. The highest BCUT2D eigenvalue weighted by Crippen LogP contribution is 2.19. The number of rotatable bonds is 6. The molecule has 1 aliphatic heterocycles. The minimum atomic E-state index is 0.552. The maximum Gasteiger partial charge on any atom is 0.0576 e. The van der Waals surface area contributed by atoms with E-state index in [2.05, 4.69) is 13.0 Å². The molecule has 1 nitrogen and oxygen atoms in total. The van der Waals surface area contributed by atoms with E-state index in [0.29, 0.717) is 6.10 Å². The fourth-order valence-electron chi connectivity index (χ4n) is 1.88. The average Bonchev–Trinajstić information content (AvgIpc) is 2.67. The quantitative estimate of drug-likeness (QED) is 0.483. The van der Waals surface area contributed by atoms with Crippen molar-refractivity contribution in [1.82, 2.24) is 0 Å². The van der Waals surface area contributed by atoms with Gasteiger partial charge in [0.15, 0.2) is 0 Å². The van der Waals surface area contributed by atoms with Gasteiger partial charge in [0, 0.05) is 12.5 Å². The second kappa shape index (κ2) is 7.30. The van der Waals surface area contributed by atoms with Gasteiger partial charge in [-0.15, -0.1) is 11.6 Å². The molecule has 14 heavy (non-hydrogen) atoms. The third kappa shape index (κ3) is 5.02. The van der Waals surface area contributed by atoms with Crippen LogP contribution in [0.15, 0.2) is 11.6 Å². The lowest BCUT2D eigenvalue weighted by Crippen LogP contribution is -2.03. The molecule has 0 saturated carbocycles. The Bertz CT molecular complexity index is 171. The molecule has 0 aliphatic carbocycles. The first-order valence-corrected chi connectivity index (χ1v) is 6.19. The standard InChI is InChI=1S/C12H21ClO/c1-11(6-3-9-13)5-2-7-12-8-4-10-14-12/h6,12H,2-5,7-10H2,1H3. The summed E-state index contributed by atoms with van der Waals surface area (Å²) < 4.78 is 5.58. The summed E-state index contributed by atoms with van der Waals surface area (Å²) in [5, 5.41) is 0. The lowest BCUT2D eigenvalue weighted by Gasteiger charge is -2.08. The van der Waals surface area contributed by atoms with Crippen molar-refractivity contribution in [2.75, 3.05) is 12.5 Å². The fraction of sp³-hybridized carbons (Fsp3) is 0.833. The summed E-state index contributed by atoms with van der Waals surface area (Å²) in [6.45, 7) is 3.17. The summed E-state index contributed by atoms with van der Waals surface area (Å²) in [6, 6.07) is 0. The third-order valence-electron chi connectivity index (χ3n) is 2.72. The van der Waals surface area contributed by atoms with Crippen LogP contribution in [0, 0.1) is 0 Å². The molecule has 0 spiro atoms. The Morgan fingerprint density at radius 3 is 3.07 bits per heavy atom. The van der Waals surface area contributed by atoms with E-state index in [4.69, 9.17) is 16.3 Å². The van der Waals surface area contributed by atoms with E-state index in [1.54, 1.807) is 0 Å². The van der Waals surface area contributed by atoms with Crippen molar-refractivity contribution in [2.45, 2.75) is 51.6 Å². The second-order valence-electron chi connectivity index (χ2n) is 4.06. The zero-order chi connectivity index (χ0) is 10.2. The van der Waals surface area contributed by atoms with Crippen molar-refractivity contribution in [3.05, 3.63) is 11.6 Å². The summed E-state index contributed by atoms with van der Waals surface area (Å²) in [7, 11) is 0. The molecule has 0 amide bonds. The molecule has 0 radical (unpaired) electrons. The molecule has 1 atom stereocenters. The van der Waals surface area contributed by atoms with Crippen LogP contribution in [0.5, 0.6) is 0 Å². The van der Waals surface area contributed by atoms with Gasteiger partial charge in [-0.2, -0.15) is 0 Å². The molecule has 1 aliphatic rings. The Balaban J connectivity index is 2.02. The molecule has 1 heterocycles. The van der Waals surface area contributed by atoms with Crippen molar-refractivity contribution in [3.63, 3.8) is 0 Å². The molecule has 2 heteroatoms. The predicted molar refractivity (Wildman–Crippen MR) is 61.9 cm³/mol. The number of hydrogen-bond donors (Lipinski definition) is 0. The van der Waals surface area contributed by atoms with Crippen molar-refractivity contribution in [1.29, 1.82) is 0 Å². The van der Waals surface area contributed by atoms with Crippen molar-refractivity contribution < 1.29 is 4.74 Å². The molecule has 1 saturated heterocycles. The molecule has 1 fully saturated rings. The van der Waals surface area contributed by atoms with E-state index in [9.17, 15) is 0 Å². The summed E-state index contributed by atoms with van der Waals surface area (Å²) in [5.41, 5.74) is 1.48. The van der Waals surface area contributed by atoms with Crippen LogP contribution in [0.4, 0.5) is 0 Å². The maximum atomic E-state index is 5.62. The van der Waals surface area contributed by atoms with Gasteiger partial charge in [-0.3, -0.25) is 0 Å². The summed E-state index contributed by atoms with van der Waals surface area (Å²) >= 11 is 5.62. The van der Waals surface area contributed by atoms with E-state index in [-0.39, 0.29) is 0 Å². The van der Waals surface area contributed by atoms with Crippen LogP contribution in [-0.4, -0.2) is 18.6 Å². The SMILES string of the molecule is CC(=CCCCl)CCCC1CCCO1. The molecule has 0 N–H and O–H groups in total. The second-order valence-corrected chi connectivity index (χ2v) is 4.43. The van der Waals surface area contributed by atoms with Crippen LogP contribution in [0.25, 0.3) is 0 Å². The van der Waals surface area contributed by atoms with Gasteiger partial charge in [-0.05, 0) is 45.4 Å². The van der Waals surface area contributed by atoms with Crippen LogP contribution < -0.4 is 0 Å². The molecular weight excluding hydrogens is 196 g/mol. The minimum Gasteiger partial charge on any atom is -0.378 e. The Kier molecular flexibility index (Phi) is 6.29. The normalized spacial score (nSPS) is 23.0. The molecule has 0 aromatic heterocycles. The van der Waals surface area contributed by atoms with Crippen LogP contribution in [-0.2, 0) is 4.74 Å². The maximum absolute atomic E-state index is 5.62. The topological polar surface area (TPSA) is 9.23 Å². The van der Waals surface area contributed by atoms with Gasteiger partial charge in [0.1, 0.15) is 0 Å². The van der Waals surface area contributed by atoms with Gasteiger partial charge in [-0.25, -0.2) is 0 Å². The molecule has 0 aromatic rings. The average molecular weight is 217 g/mol. The minimum absolute atomic E-state index is 0.552. The van der Waals surface area contributed by atoms with E-state index >= 15 is 0 Å². The lowest BCUT2D eigenvalue weighted by atomic mass is 10.1. The van der Waals surface area contributed by atoms with Gasteiger partial charge >= 0.3 is 0 Å². The highest BCUT2D eigenvalue weighted by molar-refractivity contribution is 6.17. The first kappa shape index (κ1) is 12.1. The Labute approximate surface area is 92.5 Å². The summed E-state index contributed by atoms with van der Waals surface area (Å²) in [4.78, 5) is 0. The van der Waals surface area contributed by atoms with Crippen LogP contribution in [0.1, 0.15) is 45.4 Å².